The lowest BCUT2D eigenvalue weighted by molar-refractivity contribution is 0.195. The summed E-state index contributed by atoms with van der Waals surface area (Å²) in [5, 5.41) is 6.75. The van der Waals surface area contributed by atoms with E-state index in [0.717, 1.165) is 13.0 Å². The molecule has 1 fully saturated rings. The number of rotatable bonds is 3. The topological polar surface area (TPSA) is 15.3 Å². The van der Waals surface area contributed by atoms with E-state index < -0.39 is 5.41 Å². The minimum Gasteiger partial charge on any atom is -0.354 e. The van der Waals surface area contributed by atoms with Crippen molar-refractivity contribution in [2.75, 3.05) is 10.2 Å². The maximum Gasteiger partial charge on any atom is 0.198 e. The molecule has 274 valence electrons. The molecule has 1 saturated carbocycles. The molecule has 0 amide bonds. The molecule has 1 aliphatic carbocycles. The van der Waals surface area contributed by atoms with Crippen LogP contribution in [0.25, 0.3) is 21.9 Å². The molecule has 7 aromatic carbocycles. The molecule has 0 spiro atoms. The smallest absolute Gasteiger partial charge is 0.198 e. The fourth-order valence-corrected chi connectivity index (χ4v) is 11.7. The van der Waals surface area contributed by atoms with Crippen LogP contribution in [0.4, 0.5) is 22.7 Å². The number of nitrogens with one attached hydrogen (secondary N) is 1. The third-order valence-corrected chi connectivity index (χ3v) is 14.6. The first-order chi connectivity index (χ1) is 27.1. The molecule has 0 saturated heterocycles. The number of hydrogen-bond donors (Lipinski definition) is 1. The Bertz CT molecular complexity index is 2690. The molecule has 11 rings (SSSR count). The normalized spacial score (nSPS) is 21.2. The molecule has 0 aromatic heterocycles. The van der Waals surface area contributed by atoms with Gasteiger partial charge in [0.2, 0.25) is 0 Å². The molecule has 56 heavy (non-hydrogen) atoms. The van der Waals surface area contributed by atoms with E-state index in [1.807, 2.05) is 0 Å². The SMILES string of the molecule is CC(C)(C)c1cc2c3c(c1)C1(C)CCCCC1(C)N3c1c(c(-c3cccc4c3Nc3ccccc3C4(c3ccccc3)c3ccccc3)cc3ccccc13)B2. The summed E-state index contributed by atoms with van der Waals surface area (Å²) < 4.78 is 0. The Balaban J connectivity index is 1.24. The average molecular weight is 725 g/mol. The van der Waals surface area contributed by atoms with Crippen LogP contribution in [-0.4, -0.2) is 12.8 Å². The Morgan fingerprint density at radius 2 is 1.27 bits per heavy atom. The van der Waals surface area contributed by atoms with E-state index in [9.17, 15) is 0 Å². The van der Waals surface area contributed by atoms with E-state index in [4.69, 9.17) is 0 Å². The fraction of sp³-hybridized carbons (Fsp3) is 0.245. The molecule has 0 radical (unpaired) electrons. The van der Waals surface area contributed by atoms with E-state index >= 15 is 0 Å². The summed E-state index contributed by atoms with van der Waals surface area (Å²) in [4.78, 5) is 2.88. The fourth-order valence-electron chi connectivity index (χ4n) is 11.7. The molecule has 4 aliphatic rings. The summed E-state index contributed by atoms with van der Waals surface area (Å²) in [5.74, 6) is 0. The maximum atomic E-state index is 4.09. The van der Waals surface area contributed by atoms with Crippen LogP contribution in [0.1, 0.15) is 93.7 Å². The molecule has 3 aliphatic heterocycles. The zero-order valence-corrected chi connectivity index (χ0v) is 33.3. The molecular formula is C53H49BN2. The molecule has 1 N–H and O–H groups in total. The van der Waals surface area contributed by atoms with Crippen LogP contribution < -0.4 is 21.1 Å². The Kier molecular flexibility index (Phi) is 7.08. The van der Waals surface area contributed by atoms with Crippen LogP contribution in [0.3, 0.4) is 0 Å². The first kappa shape index (κ1) is 33.8. The van der Waals surface area contributed by atoms with Crippen molar-refractivity contribution in [1.29, 1.82) is 0 Å². The van der Waals surface area contributed by atoms with Gasteiger partial charge in [-0.05, 0) is 87.1 Å². The first-order valence-electron chi connectivity index (χ1n) is 20.8. The van der Waals surface area contributed by atoms with E-state index in [2.05, 4.69) is 190 Å². The standard InChI is InChI=1S/C53H49BN2/c1-50(2,3)37-32-43-49-44(33-37)54-46-40(31-34-19-12-13-24-38(34)48(46)56(49)52(5)30-17-16-29-51(43,52)4)39-25-18-27-42-47(39)55-45-28-15-14-26-41(45)53(42,35-20-8-6-9-21-35)36-22-10-7-11-23-36/h6-15,18-28,31-33,54-55H,16-17,29-30H2,1-5H3. The molecule has 0 bridgehead atoms. The Morgan fingerprint density at radius 3 is 2.02 bits per heavy atom. The van der Waals surface area contributed by atoms with Crippen LogP contribution >= 0.6 is 0 Å². The lowest BCUT2D eigenvalue weighted by Gasteiger charge is -2.51. The minimum atomic E-state index is -0.512. The van der Waals surface area contributed by atoms with Gasteiger partial charge in [-0.2, -0.15) is 0 Å². The van der Waals surface area contributed by atoms with Crippen LogP contribution in [0.2, 0.25) is 0 Å². The average Bonchev–Trinajstić information content (AvgIpc) is 3.43. The summed E-state index contributed by atoms with van der Waals surface area (Å²) in [7, 11) is 0.910. The minimum absolute atomic E-state index is 0.0293. The van der Waals surface area contributed by atoms with Gasteiger partial charge in [0, 0.05) is 33.4 Å². The number of hydrogen-bond acceptors (Lipinski definition) is 2. The van der Waals surface area contributed by atoms with Gasteiger partial charge in [-0.3, -0.25) is 0 Å². The van der Waals surface area contributed by atoms with Crippen molar-refractivity contribution < 1.29 is 0 Å². The molecule has 2 nitrogen and oxygen atoms in total. The lowest BCUT2D eigenvalue weighted by atomic mass is 9.56. The van der Waals surface area contributed by atoms with Crippen LogP contribution in [0.15, 0.2) is 146 Å². The summed E-state index contributed by atoms with van der Waals surface area (Å²) in [6, 6.07) is 55.3. The zero-order chi connectivity index (χ0) is 38.0. The Labute approximate surface area is 332 Å². The molecule has 3 heteroatoms. The van der Waals surface area contributed by atoms with E-state index in [1.165, 1.54) is 103 Å². The van der Waals surface area contributed by atoms with E-state index in [-0.39, 0.29) is 16.4 Å². The maximum absolute atomic E-state index is 4.09. The highest BCUT2D eigenvalue weighted by Crippen LogP contribution is 2.62. The molecule has 2 atom stereocenters. The third-order valence-electron chi connectivity index (χ3n) is 14.6. The predicted molar refractivity (Wildman–Crippen MR) is 239 cm³/mol. The first-order valence-corrected chi connectivity index (χ1v) is 20.8. The number of fused-ring (bicyclic) bond motifs is 9. The van der Waals surface area contributed by atoms with Gasteiger partial charge in [0.15, 0.2) is 7.28 Å². The van der Waals surface area contributed by atoms with Crippen LogP contribution in [0, 0.1) is 0 Å². The van der Waals surface area contributed by atoms with Crippen LogP contribution in [-0.2, 0) is 16.2 Å². The number of anilines is 4. The van der Waals surface area contributed by atoms with Crippen molar-refractivity contribution in [3.05, 3.63) is 179 Å². The summed E-state index contributed by atoms with van der Waals surface area (Å²) in [5.41, 5.74) is 18.5. The van der Waals surface area contributed by atoms with Crippen molar-refractivity contribution in [1.82, 2.24) is 0 Å². The molecule has 7 aromatic rings. The Hall–Kier alpha value is -5.54. The third kappa shape index (κ3) is 4.35. The quantitative estimate of drug-likeness (QED) is 0.183. The van der Waals surface area contributed by atoms with Gasteiger partial charge in [0.1, 0.15) is 0 Å². The van der Waals surface area contributed by atoms with Gasteiger partial charge in [0.25, 0.3) is 0 Å². The Morgan fingerprint density at radius 1 is 0.607 bits per heavy atom. The lowest BCUT2D eigenvalue weighted by Crippen LogP contribution is -2.57. The van der Waals surface area contributed by atoms with Gasteiger partial charge in [-0.1, -0.05) is 179 Å². The monoisotopic (exact) mass is 724 g/mol. The second kappa shape index (κ2) is 11.7. The summed E-state index contributed by atoms with van der Waals surface area (Å²) in [6.45, 7) is 12.4. The summed E-state index contributed by atoms with van der Waals surface area (Å²) >= 11 is 0. The van der Waals surface area contributed by atoms with Crippen molar-refractivity contribution in [2.24, 2.45) is 0 Å². The van der Waals surface area contributed by atoms with Crippen molar-refractivity contribution in [3.8, 4) is 11.1 Å². The highest BCUT2D eigenvalue weighted by Gasteiger charge is 2.60. The number of benzene rings is 7. The van der Waals surface area contributed by atoms with Crippen LogP contribution in [0.5, 0.6) is 0 Å². The van der Waals surface area contributed by atoms with Crippen molar-refractivity contribution in [3.63, 3.8) is 0 Å². The van der Waals surface area contributed by atoms with Gasteiger partial charge in [0.05, 0.1) is 16.6 Å². The van der Waals surface area contributed by atoms with E-state index in [0.29, 0.717) is 0 Å². The molecule has 2 unspecified atom stereocenters. The van der Waals surface area contributed by atoms with Gasteiger partial charge < -0.3 is 10.2 Å². The van der Waals surface area contributed by atoms with Gasteiger partial charge in [-0.15, -0.1) is 0 Å². The molecule has 3 heterocycles. The van der Waals surface area contributed by atoms with Gasteiger partial charge >= 0.3 is 0 Å². The number of para-hydroxylation sites is 2. The zero-order valence-electron chi connectivity index (χ0n) is 33.3. The second-order valence-electron chi connectivity index (χ2n) is 18.5. The van der Waals surface area contributed by atoms with Crippen molar-refractivity contribution in [2.45, 2.75) is 82.1 Å². The van der Waals surface area contributed by atoms with Gasteiger partial charge in [-0.25, -0.2) is 0 Å². The highest BCUT2D eigenvalue weighted by molar-refractivity contribution is 6.74. The second-order valence-corrected chi connectivity index (χ2v) is 18.5. The van der Waals surface area contributed by atoms with Crippen molar-refractivity contribution >= 4 is 51.7 Å². The highest BCUT2D eigenvalue weighted by atomic mass is 15.3. The van der Waals surface area contributed by atoms with E-state index in [1.54, 1.807) is 5.56 Å². The number of nitrogens with zero attached hydrogens (tertiary/aromatic N) is 1. The summed E-state index contributed by atoms with van der Waals surface area (Å²) in [6.07, 6.45) is 4.97. The molecular weight excluding hydrogens is 675 g/mol. The predicted octanol–water partition coefficient (Wildman–Crippen LogP) is 11.7. The largest absolute Gasteiger partial charge is 0.354 e.